The van der Waals surface area contributed by atoms with Crippen molar-refractivity contribution >= 4 is 17.7 Å². The van der Waals surface area contributed by atoms with Crippen LogP contribution in [0, 0.1) is 0 Å². The van der Waals surface area contributed by atoms with Crippen molar-refractivity contribution in [2.45, 2.75) is 55.8 Å². The summed E-state index contributed by atoms with van der Waals surface area (Å²) in [6.07, 6.45) is 1.18. The van der Waals surface area contributed by atoms with Crippen LogP contribution < -0.4 is 14.2 Å². The highest BCUT2D eigenvalue weighted by Crippen LogP contribution is 2.66. The van der Waals surface area contributed by atoms with Crippen LogP contribution in [0.25, 0.3) is 0 Å². The van der Waals surface area contributed by atoms with Crippen molar-refractivity contribution in [3.05, 3.63) is 53.1 Å². The molecular weight excluding hydrogens is 450 g/mol. The van der Waals surface area contributed by atoms with Crippen molar-refractivity contribution in [2.24, 2.45) is 0 Å². The number of methoxy groups -OCH3 is 1. The van der Waals surface area contributed by atoms with Gasteiger partial charge in [-0.15, -0.1) is 0 Å². The summed E-state index contributed by atoms with van der Waals surface area (Å²) in [7, 11) is 3.62. The number of ketones is 1. The summed E-state index contributed by atoms with van der Waals surface area (Å²) in [4.78, 5) is 40.9. The molecule has 0 unspecified atom stereocenters. The Morgan fingerprint density at radius 1 is 1.11 bits per heavy atom. The van der Waals surface area contributed by atoms with Gasteiger partial charge in [-0.25, -0.2) is 4.79 Å². The summed E-state index contributed by atoms with van der Waals surface area (Å²) >= 11 is 0. The molecule has 4 atom stereocenters. The summed E-state index contributed by atoms with van der Waals surface area (Å²) < 4.78 is 23.8. The Labute approximate surface area is 203 Å². The molecule has 2 aliphatic heterocycles. The first-order chi connectivity index (χ1) is 16.8. The maximum Gasteiger partial charge on any atom is 0.342 e. The summed E-state index contributed by atoms with van der Waals surface area (Å²) in [6.45, 7) is 2.04. The third-order valence-corrected chi connectivity index (χ3v) is 8.33. The third-order valence-electron chi connectivity index (χ3n) is 8.33. The number of carbonyl (C=O) groups excluding carboxylic acids is 3. The van der Waals surface area contributed by atoms with E-state index in [1.54, 1.807) is 31.4 Å². The molecule has 0 aromatic heterocycles. The highest BCUT2D eigenvalue weighted by Gasteiger charge is 2.75. The van der Waals surface area contributed by atoms with Crippen LogP contribution in [0.4, 0.5) is 0 Å². The van der Waals surface area contributed by atoms with Gasteiger partial charge < -0.3 is 18.9 Å². The Morgan fingerprint density at radius 2 is 1.91 bits per heavy atom. The van der Waals surface area contributed by atoms with Gasteiger partial charge in [-0.2, -0.15) is 0 Å². The van der Waals surface area contributed by atoms with Gasteiger partial charge in [0.1, 0.15) is 16.9 Å². The Balaban J connectivity index is 1.53. The molecule has 0 amide bonds. The van der Waals surface area contributed by atoms with Crippen LogP contribution >= 0.6 is 0 Å². The molecule has 1 spiro atoms. The molecule has 4 aliphatic rings. The van der Waals surface area contributed by atoms with Crippen molar-refractivity contribution in [1.29, 1.82) is 0 Å². The first kappa shape index (κ1) is 22.1. The molecule has 182 valence electrons. The minimum absolute atomic E-state index is 0.0198. The number of likely N-dealkylation sites (N-methyl/N-ethyl adjacent to an activating group) is 1. The topological polar surface area (TPSA) is 91.4 Å². The second-order valence-corrected chi connectivity index (χ2v) is 9.89. The van der Waals surface area contributed by atoms with E-state index in [0.29, 0.717) is 30.8 Å². The average molecular weight is 478 g/mol. The Kier molecular flexibility index (Phi) is 4.77. The molecule has 2 aromatic carbocycles. The van der Waals surface area contributed by atoms with E-state index in [-0.39, 0.29) is 29.6 Å². The number of likely N-dealkylation sites (tertiary alicyclic amines) is 1. The lowest BCUT2D eigenvalue weighted by atomic mass is 9.49. The molecule has 2 heterocycles. The molecule has 6 rings (SSSR count). The number of esters is 2. The second-order valence-electron chi connectivity index (χ2n) is 9.89. The van der Waals surface area contributed by atoms with Crippen LogP contribution in [0.5, 0.6) is 17.2 Å². The number of hydrogen-bond donors (Lipinski definition) is 0. The van der Waals surface area contributed by atoms with Crippen LogP contribution in [0.2, 0.25) is 0 Å². The van der Waals surface area contributed by atoms with Gasteiger partial charge in [0.25, 0.3) is 0 Å². The predicted octanol–water partition coefficient (Wildman–Crippen LogP) is 2.84. The van der Waals surface area contributed by atoms with Gasteiger partial charge in [0.15, 0.2) is 23.4 Å². The lowest BCUT2D eigenvalue weighted by Crippen LogP contribution is -2.77. The Morgan fingerprint density at radius 3 is 2.69 bits per heavy atom. The van der Waals surface area contributed by atoms with E-state index >= 15 is 0 Å². The van der Waals surface area contributed by atoms with Gasteiger partial charge >= 0.3 is 11.9 Å². The third kappa shape index (κ3) is 2.80. The van der Waals surface area contributed by atoms with E-state index in [0.717, 1.165) is 17.7 Å². The zero-order valence-electron chi connectivity index (χ0n) is 20.0. The van der Waals surface area contributed by atoms with Crippen molar-refractivity contribution < 1.29 is 33.3 Å². The van der Waals surface area contributed by atoms with Gasteiger partial charge in [-0.3, -0.25) is 14.5 Å². The molecule has 2 aromatic rings. The van der Waals surface area contributed by atoms with E-state index in [2.05, 4.69) is 4.90 Å². The van der Waals surface area contributed by atoms with Crippen LogP contribution in [-0.2, 0) is 26.2 Å². The molecule has 0 N–H and O–H groups in total. The van der Waals surface area contributed by atoms with E-state index in [4.69, 9.17) is 18.9 Å². The fourth-order valence-corrected chi connectivity index (χ4v) is 6.96. The van der Waals surface area contributed by atoms with Gasteiger partial charge in [0.2, 0.25) is 0 Å². The fraction of sp³-hybridized carbons (Fsp3) is 0.444. The van der Waals surface area contributed by atoms with Crippen LogP contribution in [0.1, 0.15) is 47.7 Å². The zero-order valence-corrected chi connectivity index (χ0v) is 20.0. The zero-order chi connectivity index (χ0) is 24.5. The van der Waals surface area contributed by atoms with Crippen molar-refractivity contribution in [1.82, 2.24) is 4.90 Å². The van der Waals surface area contributed by atoms with Crippen LogP contribution in [0.15, 0.2) is 36.4 Å². The quantitative estimate of drug-likeness (QED) is 0.491. The molecule has 1 saturated heterocycles. The molecule has 8 heteroatoms. The average Bonchev–Trinajstić information content (AvgIpc) is 3.19. The first-order valence-corrected chi connectivity index (χ1v) is 11.9. The maximum atomic E-state index is 13.8. The minimum atomic E-state index is -0.983. The summed E-state index contributed by atoms with van der Waals surface area (Å²) in [6, 6.07) is 10.4. The lowest BCUT2D eigenvalue weighted by Gasteiger charge is -2.63. The highest BCUT2D eigenvalue weighted by atomic mass is 16.6. The number of rotatable bonds is 4. The normalized spacial score (nSPS) is 30.2. The largest absolute Gasteiger partial charge is 0.493 e. The summed E-state index contributed by atoms with van der Waals surface area (Å²) in [5, 5.41) is 0. The van der Waals surface area contributed by atoms with Crippen molar-refractivity contribution in [3.8, 4) is 17.2 Å². The number of benzene rings is 2. The molecule has 35 heavy (non-hydrogen) atoms. The van der Waals surface area contributed by atoms with Crippen molar-refractivity contribution in [3.63, 3.8) is 0 Å². The number of piperidine rings is 1. The van der Waals surface area contributed by atoms with E-state index in [1.807, 2.05) is 19.2 Å². The molecule has 0 radical (unpaired) electrons. The number of hydrogen-bond acceptors (Lipinski definition) is 8. The van der Waals surface area contributed by atoms with E-state index < -0.39 is 29.1 Å². The van der Waals surface area contributed by atoms with Crippen molar-refractivity contribution in [2.75, 3.05) is 20.7 Å². The molecule has 2 bridgehead atoms. The van der Waals surface area contributed by atoms with E-state index in [1.165, 1.54) is 6.92 Å². The fourth-order valence-electron chi connectivity index (χ4n) is 6.96. The van der Waals surface area contributed by atoms with Gasteiger partial charge in [0, 0.05) is 18.9 Å². The second kappa shape index (κ2) is 7.55. The van der Waals surface area contributed by atoms with Gasteiger partial charge in [0.05, 0.1) is 18.6 Å². The Hall–Kier alpha value is -3.39. The molecule has 8 nitrogen and oxygen atoms in total. The smallest absolute Gasteiger partial charge is 0.342 e. The SMILES string of the molecule is COc1ccc2c3c1O[C@H]1C(=O)CC[C@@]4(OC(=O)c5ccccc5OC(C)=O)[C@@H](C2)N(C)CC[C@]314. The standard InChI is InChI=1S/C27H27NO7/c1-15(29)33-19-7-5-4-6-17(19)25(31)35-27-11-10-18(30)24-26(27)12-13-28(2)21(27)14-16-8-9-20(32-3)23(34-24)22(16)26/h4-9,21,24H,10-14H2,1-3H3/t21-,24+,26+,27-/m1/s1. The number of ether oxygens (including phenoxy) is 4. The van der Waals surface area contributed by atoms with E-state index in [9.17, 15) is 14.4 Å². The molecule has 2 fully saturated rings. The van der Waals surface area contributed by atoms with Crippen LogP contribution in [-0.4, -0.2) is 61.1 Å². The minimum Gasteiger partial charge on any atom is -0.493 e. The van der Waals surface area contributed by atoms with Crippen LogP contribution in [0.3, 0.4) is 0 Å². The summed E-state index contributed by atoms with van der Waals surface area (Å²) in [5.74, 6) is 0.254. The number of Topliss-reactive ketones (excluding diaryl/α,β-unsaturated/α-hetero) is 1. The monoisotopic (exact) mass is 477 g/mol. The first-order valence-electron chi connectivity index (χ1n) is 11.9. The van der Waals surface area contributed by atoms with Gasteiger partial charge in [-0.1, -0.05) is 18.2 Å². The maximum absolute atomic E-state index is 13.8. The predicted molar refractivity (Wildman–Crippen MR) is 124 cm³/mol. The number of carbonyl (C=O) groups is 3. The number of para-hydroxylation sites is 1. The number of nitrogens with zero attached hydrogens (tertiary/aromatic N) is 1. The highest BCUT2D eigenvalue weighted by molar-refractivity contribution is 5.95. The molecule has 1 saturated carbocycles. The Bertz CT molecular complexity index is 1270. The van der Waals surface area contributed by atoms with Gasteiger partial charge in [-0.05, 0) is 56.6 Å². The summed E-state index contributed by atoms with van der Waals surface area (Å²) in [5.41, 5.74) is 0.437. The molecule has 2 aliphatic carbocycles. The molecular formula is C27H27NO7. The lowest BCUT2D eigenvalue weighted by molar-refractivity contribution is -0.186.